The van der Waals surface area contributed by atoms with E-state index in [9.17, 15) is 0 Å². The third-order valence-corrected chi connectivity index (χ3v) is 4.44. The molecule has 0 aromatic carbocycles. The van der Waals surface area contributed by atoms with Crippen LogP contribution in [0.2, 0.25) is 0 Å². The molecule has 0 radical (unpaired) electrons. The van der Waals surface area contributed by atoms with Crippen LogP contribution in [-0.2, 0) is 39.8 Å². The molecule has 0 spiro atoms. The van der Waals surface area contributed by atoms with Crippen LogP contribution in [-0.4, -0.2) is 80.2 Å². The molecule has 0 aliphatic carbocycles. The zero-order valence-corrected chi connectivity index (χ0v) is 17.3. The first-order valence-corrected chi connectivity index (χ1v) is 9.33. The first-order valence-electron chi connectivity index (χ1n) is 9.33. The molecule has 2 aromatic rings. The summed E-state index contributed by atoms with van der Waals surface area (Å²) < 4.78 is 9.59. The Morgan fingerprint density at radius 1 is 1.21 bits per heavy atom. The van der Waals surface area contributed by atoms with E-state index in [1.54, 1.807) is 0 Å². The van der Waals surface area contributed by atoms with Crippen LogP contribution in [0.3, 0.4) is 0 Å². The number of ether oxygens (including phenoxy) is 1. The van der Waals surface area contributed by atoms with E-state index >= 15 is 0 Å². The molecule has 1 aliphatic rings. The second-order valence-corrected chi connectivity index (χ2v) is 7.20. The van der Waals surface area contributed by atoms with Crippen LogP contribution in [0.15, 0.2) is 24.8 Å². The molecule has 29 heavy (non-hydrogen) atoms. The summed E-state index contributed by atoms with van der Waals surface area (Å²) in [6.07, 6.45) is 9.00. The summed E-state index contributed by atoms with van der Waals surface area (Å²) in [5.74, 6) is 1.16. The Hall–Kier alpha value is -2.72. The summed E-state index contributed by atoms with van der Waals surface area (Å²) in [4.78, 5) is 23.9. The lowest BCUT2D eigenvalue weighted by Gasteiger charge is -2.34. The molecule has 1 fully saturated rings. The van der Waals surface area contributed by atoms with Gasteiger partial charge < -0.3 is 19.5 Å². The maximum absolute atomic E-state index is 8.36. The largest absolute Gasteiger partial charge is 0.483 e. The molecule has 2 N–H and O–H groups in total. The highest BCUT2D eigenvalue weighted by Crippen LogP contribution is 2.23. The van der Waals surface area contributed by atoms with Gasteiger partial charge in [0, 0.05) is 57.2 Å². The highest BCUT2D eigenvalue weighted by molar-refractivity contribution is 5.33. The number of rotatable bonds is 6. The van der Waals surface area contributed by atoms with Crippen LogP contribution in [0.5, 0.6) is 0 Å². The van der Waals surface area contributed by atoms with Gasteiger partial charge in [-0.1, -0.05) is 13.8 Å². The monoisotopic (exact) mass is 409 g/mol. The summed E-state index contributed by atoms with van der Waals surface area (Å²) in [5.41, 5.74) is 1.29. The molecule has 1 aliphatic heterocycles. The number of carboxylic acid groups (broad SMARTS) is 2. The van der Waals surface area contributed by atoms with Crippen molar-refractivity contribution >= 4 is 12.9 Å². The average molecular weight is 409 g/mol. The van der Waals surface area contributed by atoms with Crippen LogP contribution in [0.1, 0.15) is 25.2 Å². The molecular weight excluding hydrogens is 378 g/mol. The van der Waals surface area contributed by atoms with Gasteiger partial charge in [0.25, 0.3) is 12.9 Å². The van der Waals surface area contributed by atoms with E-state index in [2.05, 4.69) is 45.8 Å². The predicted octanol–water partition coefficient (Wildman–Crippen LogP) is 0.871. The van der Waals surface area contributed by atoms with Gasteiger partial charge in [-0.15, -0.1) is 0 Å². The van der Waals surface area contributed by atoms with Gasteiger partial charge in [0.1, 0.15) is 5.82 Å². The maximum Gasteiger partial charge on any atom is 0.290 e. The normalized spacial score (nSPS) is 14.2. The lowest BCUT2D eigenvalue weighted by Crippen LogP contribution is -2.44. The zero-order valence-electron chi connectivity index (χ0n) is 17.3. The van der Waals surface area contributed by atoms with E-state index in [0.29, 0.717) is 0 Å². The number of hydrogen-bond donors (Lipinski definition) is 2. The number of aryl methyl sites for hydroxylation is 3. The van der Waals surface area contributed by atoms with Crippen molar-refractivity contribution in [2.75, 3.05) is 32.8 Å². The minimum atomic E-state index is -0.250. The Bertz CT molecular complexity index is 716. The topological polar surface area (TPSA) is 123 Å². The van der Waals surface area contributed by atoms with Crippen molar-refractivity contribution in [3.8, 4) is 0 Å². The number of imidazole rings is 1. The van der Waals surface area contributed by atoms with Crippen molar-refractivity contribution < 1.29 is 24.5 Å². The standard InChI is InChI=1S/C17H27N5O.2CH2O2/c1-17(2,14-21-8-10-23-11-9-21)16-18-5-7-22(16)6-4-15-12-19-20(3)13-15;2*2-1-3/h5,7,12-13H,4,6,8-11,14H2,1-3H3;2*1H,(H,2,3). The number of nitrogens with zero attached hydrogens (tertiary/aromatic N) is 5. The fourth-order valence-corrected chi connectivity index (χ4v) is 3.31. The minimum absolute atomic E-state index is 0.0236. The molecule has 1 saturated heterocycles. The quantitative estimate of drug-likeness (QED) is 0.674. The second-order valence-electron chi connectivity index (χ2n) is 7.20. The van der Waals surface area contributed by atoms with Crippen molar-refractivity contribution in [2.45, 2.75) is 32.2 Å². The number of morpholine rings is 1. The Kier molecular flexibility index (Phi) is 10.6. The fraction of sp³-hybridized carbons (Fsp3) is 0.579. The highest BCUT2D eigenvalue weighted by Gasteiger charge is 2.29. The molecule has 3 heterocycles. The third kappa shape index (κ3) is 8.44. The van der Waals surface area contributed by atoms with Crippen LogP contribution in [0, 0.1) is 0 Å². The molecule has 10 nitrogen and oxygen atoms in total. The molecule has 2 aromatic heterocycles. The summed E-state index contributed by atoms with van der Waals surface area (Å²) in [7, 11) is 1.96. The smallest absolute Gasteiger partial charge is 0.290 e. The molecular formula is C19H31N5O5. The Morgan fingerprint density at radius 3 is 2.38 bits per heavy atom. The molecule has 10 heteroatoms. The summed E-state index contributed by atoms with van der Waals surface area (Å²) >= 11 is 0. The van der Waals surface area contributed by atoms with E-state index < -0.39 is 0 Å². The highest BCUT2D eigenvalue weighted by atomic mass is 16.5. The van der Waals surface area contributed by atoms with Crippen LogP contribution < -0.4 is 0 Å². The van der Waals surface area contributed by atoms with Gasteiger partial charge in [0.2, 0.25) is 0 Å². The number of carbonyl (C=O) groups is 2. The summed E-state index contributed by atoms with van der Waals surface area (Å²) in [6, 6.07) is 0. The molecule has 0 bridgehead atoms. The van der Waals surface area contributed by atoms with Gasteiger partial charge in [0.15, 0.2) is 0 Å². The number of aromatic nitrogens is 4. The fourth-order valence-electron chi connectivity index (χ4n) is 3.31. The van der Waals surface area contributed by atoms with E-state index in [4.69, 9.17) is 24.5 Å². The van der Waals surface area contributed by atoms with Crippen molar-refractivity contribution in [1.29, 1.82) is 0 Å². The molecule has 3 rings (SSSR count). The van der Waals surface area contributed by atoms with Crippen molar-refractivity contribution in [1.82, 2.24) is 24.2 Å². The number of hydrogen-bond acceptors (Lipinski definition) is 6. The Balaban J connectivity index is 0.000000626. The van der Waals surface area contributed by atoms with E-state index in [1.807, 2.05) is 24.1 Å². The van der Waals surface area contributed by atoms with E-state index in [0.717, 1.165) is 51.6 Å². The van der Waals surface area contributed by atoms with Crippen LogP contribution in [0.4, 0.5) is 0 Å². The molecule has 0 unspecified atom stereocenters. The minimum Gasteiger partial charge on any atom is -0.483 e. The van der Waals surface area contributed by atoms with Crippen molar-refractivity contribution in [3.63, 3.8) is 0 Å². The Morgan fingerprint density at radius 2 is 1.83 bits per heavy atom. The zero-order chi connectivity index (χ0) is 21.7. The van der Waals surface area contributed by atoms with Gasteiger partial charge in [-0.05, 0) is 12.0 Å². The first kappa shape index (κ1) is 24.3. The molecule has 162 valence electrons. The molecule has 0 amide bonds. The predicted molar refractivity (Wildman–Crippen MR) is 107 cm³/mol. The third-order valence-electron chi connectivity index (χ3n) is 4.44. The summed E-state index contributed by atoms with van der Waals surface area (Å²) in [6.45, 7) is 9.72. The molecule has 0 saturated carbocycles. The van der Waals surface area contributed by atoms with Crippen molar-refractivity contribution in [2.24, 2.45) is 7.05 Å². The van der Waals surface area contributed by atoms with Crippen LogP contribution in [0.25, 0.3) is 0 Å². The Labute approximate surface area is 170 Å². The van der Waals surface area contributed by atoms with Crippen molar-refractivity contribution in [3.05, 3.63) is 36.2 Å². The van der Waals surface area contributed by atoms with E-state index in [1.165, 1.54) is 5.56 Å². The van der Waals surface area contributed by atoms with Gasteiger partial charge in [0.05, 0.1) is 19.4 Å². The van der Waals surface area contributed by atoms with Gasteiger partial charge in [-0.3, -0.25) is 19.2 Å². The first-order chi connectivity index (χ1) is 13.9. The SMILES string of the molecule is Cn1cc(CCn2ccnc2C(C)(C)CN2CCOCC2)cn1.O=CO.O=CO. The average Bonchev–Trinajstić information content (AvgIpc) is 3.31. The van der Waals surface area contributed by atoms with Gasteiger partial charge in [-0.2, -0.15) is 5.10 Å². The van der Waals surface area contributed by atoms with E-state index in [-0.39, 0.29) is 18.4 Å². The van der Waals surface area contributed by atoms with Gasteiger partial charge >= 0.3 is 0 Å². The molecule has 0 atom stereocenters. The summed E-state index contributed by atoms with van der Waals surface area (Å²) in [5, 5.41) is 18.0. The van der Waals surface area contributed by atoms with Crippen LogP contribution >= 0.6 is 0 Å². The lowest BCUT2D eigenvalue weighted by atomic mass is 9.91. The van der Waals surface area contributed by atoms with Gasteiger partial charge in [-0.25, -0.2) is 4.98 Å². The lowest BCUT2D eigenvalue weighted by molar-refractivity contribution is -0.123. The second kappa shape index (κ2) is 12.7. The maximum atomic E-state index is 8.36.